The van der Waals surface area contributed by atoms with Crippen LogP contribution in [-0.2, 0) is 0 Å². The van der Waals surface area contributed by atoms with E-state index in [-0.39, 0.29) is 5.56 Å². The topological polar surface area (TPSA) is 50.2 Å². The first-order valence-electron chi connectivity index (χ1n) is 8.51. The molecule has 1 N–H and O–H groups in total. The number of aromatic nitrogens is 1. The van der Waals surface area contributed by atoms with Crippen molar-refractivity contribution in [2.45, 2.75) is 0 Å². The van der Waals surface area contributed by atoms with Crippen LogP contribution in [0.15, 0.2) is 85.1 Å². The summed E-state index contributed by atoms with van der Waals surface area (Å²) in [7, 11) is 0. The fourth-order valence-electron chi connectivity index (χ4n) is 3.09. The van der Waals surface area contributed by atoms with Crippen LogP contribution in [0.3, 0.4) is 0 Å². The zero-order chi connectivity index (χ0) is 18.6. The van der Waals surface area contributed by atoms with Gasteiger partial charge in [0, 0.05) is 33.8 Å². The smallest absolute Gasteiger partial charge is 0.336 e. The van der Waals surface area contributed by atoms with Crippen molar-refractivity contribution in [1.29, 1.82) is 0 Å². The van der Waals surface area contributed by atoms with Gasteiger partial charge in [-0.15, -0.1) is 0 Å². The number of carboxylic acid groups (broad SMARTS) is 1. The molecule has 0 aliphatic heterocycles. The number of fused-ring (bicyclic) bond motifs is 1. The monoisotopic (exact) mass is 349 g/mol. The van der Waals surface area contributed by atoms with E-state index in [0.717, 1.165) is 22.0 Å². The third-order valence-corrected chi connectivity index (χ3v) is 4.31. The van der Waals surface area contributed by atoms with Crippen LogP contribution in [0.4, 0.5) is 0 Å². The minimum absolute atomic E-state index is 0.216. The number of aromatic carboxylic acids is 1. The molecule has 1 aromatic heterocycles. The standard InChI is InChI=1S/C24H15NO2/c26-24(27)21-13-4-9-18(15-14-17-7-2-1-3-8-17)22(21)20-12-5-10-19-11-6-16-25-23(19)20/h1-13,16H,(H,26,27). The third kappa shape index (κ3) is 3.29. The van der Waals surface area contributed by atoms with Crippen molar-refractivity contribution in [3.63, 3.8) is 0 Å². The Morgan fingerprint density at radius 3 is 2.41 bits per heavy atom. The lowest BCUT2D eigenvalue weighted by molar-refractivity contribution is 0.0697. The van der Waals surface area contributed by atoms with Crippen LogP contribution < -0.4 is 0 Å². The maximum atomic E-state index is 11.9. The Hall–Kier alpha value is -3.90. The molecule has 0 bridgehead atoms. The highest BCUT2D eigenvalue weighted by atomic mass is 16.4. The zero-order valence-corrected chi connectivity index (χ0v) is 14.4. The summed E-state index contributed by atoms with van der Waals surface area (Å²) in [5, 5.41) is 10.7. The van der Waals surface area contributed by atoms with Gasteiger partial charge in [0.25, 0.3) is 0 Å². The summed E-state index contributed by atoms with van der Waals surface area (Å²) in [4.78, 5) is 16.4. The van der Waals surface area contributed by atoms with E-state index in [1.807, 2.05) is 66.7 Å². The Labute approximate surface area is 156 Å². The quantitative estimate of drug-likeness (QED) is 0.518. The Balaban J connectivity index is 1.99. The first-order valence-corrected chi connectivity index (χ1v) is 8.51. The van der Waals surface area contributed by atoms with Crippen molar-refractivity contribution in [2.24, 2.45) is 0 Å². The van der Waals surface area contributed by atoms with Crippen LogP contribution >= 0.6 is 0 Å². The Morgan fingerprint density at radius 2 is 1.59 bits per heavy atom. The number of hydrogen-bond acceptors (Lipinski definition) is 2. The molecule has 4 rings (SSSR count). The second kappa shape index (κ2) is 7.15. The largest absolute Gasteiger partial charge is 0.478 e. The van der Waals surface area contributed by atoms with Crippen LogP contribution in [0.2, 0.25) is 0 Å². The lowest BCUT2D eigenvalue weighted by Gasteiger charge is -2.11. The molecule has 4 aromatic rings. The highest BCUT2D eigenvalue weighted by Gasteiger charge is 2.17. The van der Waals surface area contributed by atoms with Crippen LogP contribution in [0, 0.1) is 11.8 Å². The maximum Gasteiger partial charge on any atom is 0.336 e. The molecule has 3 nitrogen and oxygen atoms in total. The molecule has 27 heavy (non-hydrogen) atoms. The molecule has 0 fully saturated rings. The Kier molecular flexibility index (Phi) is 4.38. The lowest BCUT2D eigenvalue weighted by atomic mass is 9.92. The van der Waals surface area contributed by atoms with Crippen molar-refractivity contribution in [3.8, 4) is 23.0 Å². The first-order chi connectivity index (χ1) is 13.2. The molecule has 0 radical (unpaired) electrons. The Bertz CT molecular complexity index is 1200. The molecule has 0 saturated heterocycles. The van der Waals surface area contributed by atoms with E-state index in [0.29, 0.717) is 11.1 Å². The summed E-state index contributed by atoms with van der Waals surface area (Å²) in [6.45, 7) is 0. The number of para-hydroxylation sites is 1. The molecule has 128 valence electrons. The van der Waals surface area contributed by atoms with Gasteiger partial charge in [0.1, 0.15) is 0 Å². The Morgan fingerprint density at radius 1 is 0.815 bits per heavy atom. The van der Waals surface area contributed by atoms with Gasteiger partial charge in [0.2, 0.25) is 0 Å². The minimum atomic E-state index is -0.985. The first kappa shape index (κ1) is 16.6. The average molecular weight is 349 g/mol. The van der Waals surface area contributed by atoms with Crippen molar-refractivity contribution < 1.29 is 9.90 Å². The van der Waals surface area contributed by atoms with Gasteiger partial charge in [-0.2, -0.15) is 0 Å². The summed E-state index contributed by atoms with van der Waals surface area (Å²) in [5.41, 5.74) is 3.88. The molecule has 0 aliphatic rings. The van der Waals surface area contributed by atoms with Gasteiger partial charge in [-0.05, 0) is 30.3 Å². The molecule has 1 heterocycles. The van der Waals surface area contributed by atoms with Crippen LogP contribution in [0.1, 0.15) is 21.5 Å². The second-order valence-corrected chi connectivity index (χ2v) is 6.03. The SMILES string of the molecule is O=C(O)c1cccc(C#Cc2ccccc2)c1-c1cccc2cccnc12. The predicted octanol–water partition coefficient (Wildman–Crippen LogP) is 5.00. The van der Waals surface area contributed by atoms with Gasteiger partial charge in [-0.1, -0.05) is 60.4 Å². The third-order valence-electron chi connectivity index (χ3n) is 4.31. The number of hydrogen-bond donors (Lipinski definition) is 1. The summed E-state index contributed by atoms with van der Waals surface area (Å²) >= 11 is 0. The highest BCUT2D eigenvalue weighted by Crippen LogP contribution is 2.32. The lowest BCUT2D eigenvalue weighted by Crippen LogP contribution is -2.02. The molecular weight excluding hydrogens is 334 g/mol. The summed E-state index contributed by atoms with van der Waals surface area (Å²) in [5.74, 6) is 5.28. The zero-order valence-electron chi connectivity index (χ0n) is 14.4. The van der Waals surface area contributed by atoms with E-state index in [4.69, 9.17) is 0 Å². The summed E-state index contributed by atoms with van der Waals surface area (Å²) in [6.07, 6.45) is 1.71. The number of benzene rings is 3. The van der Waals surface area contributed by atoms with Gasteiger partial charge in [0.05, 0.1) is 11.1 Å². The number of rotatable bonds is 2. The molecular formula is C24H15NO2. The molecule has 0 saturated carbocycles. The van der Waals surface area contributed by atoms with Gasteiger partial charge < -0.3 is 5.11 Å². The van der Waals surface area contributed by atoms with E-state index in [1.54, 1.807) is 18.3 Å². The van der Waals surface area contributed by atoms with E-state index in [1.165, 1.54) is 0 Å². The highest BCUT2D eigenvalue weighted by molar-refractivity contribution is 6.03. The fraction of sp³-hybridized carbons (Fsp3) is 0. The van der Waals surface area contributed by atoms with Gasteiger partial charge in [0.15, 0.2) is 0 Å². The molecule has 3 heteroatoms. The van der Waals surface area contributed by atoms with Crippen LogP contribution in [0.25, 0.3) is 22.0 Å². The van der Waals surface area contributed by atoms with E-state index >= 15 is 0 Å². The fourth-order valence-corrected chi connectivity index (χ4v) is 3.09. The number of nitrogens with zero attached hydrogens (tertiary/aromatic N) is 1. The van der Waals surface area contributed by atoms with Crippen molar-refractivity contribution in [2.75, 3.05) is 0 Å². The molecule has 0 spiro atoms. The predicted molar refractivity (Wildman–Crippen MR) is 107 cm³/mol. The van der Waals surface area contributed by atoms with Crippen LogP contribution in [0.5, 0.6) is 0 Å². The molecule has 0 unspecified atom stereocenters. The van der Waals surface area contributed by atoms with E-state index < -0.39 is 5.97 Å². The van der Waals surface area contributed by atoms with Gasteiger partial charge in [-0.3, -0.25) is 4.98 Å². The van der Waals surface area contributed by atoms with Crippen LogP contribution in [-0.4, -0.2) is 16.1 Å². The van der Waals surface area contributed by atoms with Crippen molar-refractivity contribution >= 4 is 16.9 Å². The van der Waals surface area contributed by atoms with E-state index in [9.17, 15) is 9.90 Å². The molecule has 0 aliphatic carbocycles. The molecule has 3 aromatic carbocycles. The normalized spacial score (nSPS) is 10.2. The number of carboxylic acids is 1. The van der Waals surface area contributed by atoms with Crippen molar-refractivity contribution in [1.82, 2.24) is 4.98 Å². The van der Waals surface area contributed by atoms with E-state index in [2.05, 4.69) is 16.8 Å². The van der Waals surface area contributed by atoms with Gasteiger partial charge in [-0.25, -0.2) is 4.79 Å². The second-order valence-electron chi connectivity index (χ2n) is 6.03. The minimum Gasteiger partial charge on any atom is -0.478 e. The number of carbonyl (C=O) groups is 1. The summed E-state index contributed by atoms with van der Waals surface area (Å²) < 4.78 is 0. The number of pyridine rings is 1. The van der Waals surface area contributed by atoms with Crippen molar-refractivity contribution in [3.05, 3.63) is 102 Å². The van der Waals surface area contributed by atoms with Gasteiger partial charge >= 0.3 is 5.97 Å². The summed E-state index contributed by atoms with van der Waals surface area (Å²) in [6, 6.07) is 24.4. The molecule has 0 amide bonds. The maximum absolute atomic E-state index is 11.9. The average Bonchev–Trinajstić information content (AvgIpc) is 2.72. The molecule has 0 atom stereocenters.